The Morgan fingerprint density at radius 3 is 1.71 bits per heavy atom. The first-order valence-corrected chi connectivity index (χ1v) is 13.0. The number of Topliss-reactive ketones (excluding diaryl/α,β-unsaturated/α-hetero) is 1. The van der Waals surface area contributed by atoms with Crippen molar-refractivity contribution < 1.29 is 9.28 Å². The Morgan fingerprint density at radius 1 is 0.774 bits per heavy atom. The second-order valence-corrected chi connectivity index (χ2v) is 10.2. The number of unbranched alkanes of at least 4 members (excludes halogenated alkanes) is 13. The van der Waals surface area contributed by atoms with Gasteiger partial charge in [0.15, 0.2) is 5.78 Å². The standard InChI is InChI=1S/C29H50NO/c1-6-7-8-9-10-11-12-13-14-15-16-17-18-21-24-30(4,5)25-27-22-19-20-23-28(27)29(31)26(2)3/h19-20,22-23H,2,6-18,21,24-25H2,1,3-5H3/q+1. The molecule has 1 aromatic carbocycles. The Morgan fingerprint density at radius 2 is 1.23 bits per heavy atom. The smallest absolute Gasteiger partial charge is 0.188 e. The topological polar surface area (TPSA) is 17.1 Å². The van der Waals surface area contributed by atoms with E-state index in [0.29, 0.717) is 5.57 Å². The molecule has 0 aliphatic rings. The van der Waals surface area contributed by atoms with Gasteiger partial charge >= 0.3 is 0 Å². The summed E-state index contributed by atoms with van der Waals surface area (Å²) in [6.45, 7) is 9.98. The SMILES string of the molecule is C=C(C)C(=O)c1ccccc1C[N+](C)(C)CCCCCCCCCCCCCCCC. The fourth-order valence-electron chi connectivity index (χ4n) is 4.38. The number of nitrogens with zero attached hydrogens (tertiary/aromatic N) is 1. The zero-order valence-corrected chi connectivity index (χ0v) is 21.2. The van der Waals surface area contributed by atoms with Crippen LogP contribution < -0.4 is 0 Å². The molecule has 0 saturated carbocycles. The lowest BCUT2D eigenvalue weighted by Gasteiger charge is -2.30. The Balaban J connectivity index is 2.13. The second kappa shape index (κ2) is 16.3. The lowest BCUT2D eigenvalue weighted by molar-refractivity contribution is -0.903. The van der Waals surface area contributed by atoms with Crippen LogP contribution >= 0.6 is 0 Å². The van der Waals surface area contributed by atoms with Gasteiger partial charge in [-0.3, -0.25) is 4.79 Å². The Labute approximate surface area is 193 Å². The van der Waals surface area contributed by atoms with Gasteiger partial charge in [-0.1, -0.05) is 115 Å². The van der Waals surface area contributed by atoms with E-state index in [0.717, 1.165) is 28.7 Å². The first-order chi connectivity index (χ1) is 14.9. The minimum absolute atomic E-state index is 0.0760. The van der Waals surface area contributed by atoms with Crippen LogP contribution in [0.25, 0.3) is 0 Å². The van der Waals surface area contributed by atoms with E-state index in [1.54, 1.807) is 6.92 Å². The number of hydrogen-bond donors (Lipinski definition) is 0. The van der Waals surface area contributed by atoms with E-state index in [9.17, 15) is 4.79 Å². The van der Waals surface area contributed by atoms with Crippen molar-refractivity contribution in [2.24, 2.45) is 0 Å². The Bertz CT molecular complexity index is 631. The van der Waals surface area contributed by atoms with Crippen molar-refractivity contribution in [2.45, 2.75) is 110 Å². The molecule has 1 aromatic rings. The normalized spacial score (nSPS) is 11.6. The Hall–Kier alpha value is -1.41. The van der Waals surface area contributed by atoms with Gasteiger partial charge < -0.3 is 4.48 Å². The van der Waals surface area contributed by atoms with Crippen LogP contribution in [-0.4, -0.2) is 30.9 Å². The van der Waals surface area contributed by atoms with E-state index >= 15 is 0 Å². The highest BCUT2D eigenvalue weighted by atomic mass is 16.1. The number of quaternary nitrogens is 1. The van der Waals surface area contributed by atoms with E-state index < -0.39 is 0 Å². The molecule has 0 atom stereocenters. The van der Waals surface area contributed by atoms with Crippen LogP contribution in [0, 0.1) is 0 Å². The van der Waals surface area contributed by atoms with Gasteiger partial charge in [-0.05, 0) is 25.3 Å². The summed E-state index contributed by atoms with van der Waals surface area (Å²) >= 11 is 0. The lowest BCUT2D eigenvalue weighted by atomic mass is 9.99. The molecule has 0 bridgehead atoms. The Kier molecular flexibility index (Phi) is 14.5. The minimum atomic E-state index is 0.0760. The predicted molar refractivity (Wildman–Crippen MR) is 137 cm³/mol. The number of allylic oxidation sites excluding steroid dienone is 1. The van der Waals surface area contributed by atoms with Crippen LogP contribution in [0.5, 0.6) is 0 Å². The van der Waals surface area contributed by atoms with Crippen molar-refractivity contribution in [1.82, 2.24) is 0 Å². The molecule has 1 rings (SSSR count). The number of benzene rings is 1. The van der Waals surface area contributed by atoms with Crippen molar-refractivity contribution in [3.8, 4) is 0 Å². The molecule has 0 aliphatic carbocycles. The van der Waals surface area contributed by atoms with Gasteiger partial charge in [0, 0.05) is 11.1 Å². The summed E-state index contributed by atoms with van der Waals surface area (Å²) in [6, 6.07) is 8.03. The average molecular weight is 429 g/mol. The number of carbonyl (C=O) groups is 1. The van der Waals surface area contributed by atoms with Crippen LogP contribution in [0.2, 0.25) is 0 Å². The van der Waals surface area contributed by atoms with Crippen LogP contribution in [0.15, 0.2) is 36.4 Å². The summed E-state index contributed by atoms with van der Waals surface area (Å²) in [5.74, 6) is 0.0760. The summed E-state index contributed by atoms with van der Waals surface area (Å²) in [5.41, 5.74) is 2.58. The molecule has 0 N–H and O–H groups in total. The third-order valence-corrected chi connectivity index (χ3v) is 6.36. The molecule has 0 aromatic heterocycles. The highest BCUT2D eigenvalue weighted by molar-refractivity contribution is 6.08. The zero-order valence-electron chi connectivity index (χ0n) is 21.2. The number of carbonyl (C=O) groups excluding carboxylic acids is 1. The van der Waals surface area contributed by atoms with E-state index in [4.69, 9.17) is 0 Å². The van der Waals surface area contributed by atoms with Crippen molar-refractivity contribution in [3.05, 3.63) is 47.5 Å². The van der Waals surface area contributed by atoms with Gasteiger partial charge in [0.2, 0.25) is 0 Å². The van der Waals surface area contributed by atoms with Gasteiger partial charge in [-0.25, -0.2) is 0 Å². The summed E-state index contributed by atoms with van der Waals surface area (Å²) in [4.78, 5) is 12.4. The molecule has 0 heterocycles. The zero-order chi connectivity index (χ0) is 23.0. The third-order valence-electron chi connectivity index (χ3n) is 6.36. The van der Waals surface area contributed by atoms with E-state index in [2.05, 4.69) is 33.7 Å². The number of rotatable bonds is 19. The number of ketones is 1. The van der Waals surface area contributed by atoms with Gasteiger partial charge in [-0.15, -0.1) is 0 Å². The van der Waals surface area contributed by atoms with E-state index in [-0.39, 0.29) is 5.78 Å². The van der Waals surface area contributed by atoms with Gasteiger partial charge in [-0.2, -0.15) is 0 Å². The molecular weight excluding hydrogens is 378 g/mol. The van der Waals surface area contributed by atoms with E-state index in [1.165, 1.54) is 89.9 Å². The van der Waals surface area contributed by atoms with Crippen LogP contribution in [0.1, 0.15) is 120 Å². The van der Waals surface area contributed by atoms with Gasteiger partial charge in [0.05, 0.1) is 20.6 Å². The maximum absolute atomic E-state index is 12.4. The molecule has 0 spiro atoms. The average Bonchev–Trinajstić information content (AvgIpc) is 2.73. The highest BCUT2D eigenvalue weighted by Crippen LogP contribution is 2.19. The summed E-state index contributed by atoms with van der Waals surface area (Å²) < 4.78 is 0.929. The summed E-state index contributed by atoms with van der Waals surface area (Å²) in [7, 11) is 4.56. The van der Waals surface area contributed by atoms with Crippen molar-refractivity contribution in [2.75, 3.05) is 20.6 Å². The molecule has 0 radical (unpaired) electrons. The van der Waals surface area contributed by atoms with E-state index in [1.807, 2.05) is 18.2 Å². The predicted octanol–water partition coefficient (Wildman–Crippen LogP) is 8.50. The summed E-state index contributed by atoms with van der Waals surface area (Å²) in [5, 5.41) is 0. The van der Waals surface area contributed by atoms with Crippen molar-refractivity contribution in [1.29, 1.82) is 0 Å². The molecule has 2 heteroatoms. The first-order valence-electron chi connectivity index (χ1n) is 13.0. The maximum Gasteiger partial charge on any atom is 0.188 e. The molecule has 2 nitrogen and oxygen atoms in total. The quantitative estimate of drug-likeness (QED) is 0.0934. The molecule has 0 saturated heterocycles. The van der Waals surface area contributed by atoms with Crippen molar-refractivity contribution >= 4 is 5.78 Å². The fraction of sp³-hybridized carbons (Fsp3) is 0.690. The lowest BCUT2D eigenvalue weighted by Crippen LogP contribution is -2.40. The third kappa shape index (κ3) is 12.9. The molecule has 176 valence electrons. The van der Waals surface area contributed by atoms with Gasteiger partial charge in [0.25, 0.3) is 0 Å². The monoisotopic (exact) mass is 428 g/mol. The first kappa shape index (κ1) is 27.6. The molecule has 0 amide bonds. The summed E-state index contributed by atoms with van der Waals surface area (Å²) in [6.07, 6.45) is 19.6. The molecule has 0 unspecified atom stereocenters. The number of hydrogen-bond acceptors (Lipinski definition) is 1. The molecule has 0 fully saturated rings. The molecular formula is C29H50NO+. The highest BCUT2D eigenvalue weighted by Gasteiger charge is 2.20. The minimum Gasteiger partial charge on any atom is -0.325 e. The van der Waals surface area contributed by atoms with Crippen molar-refractivity contribution in [3.63, 3.8) is 0 Å². The second-order valence-electron chi connectivity index (χ2n) is 10.2. The fourth-order valence-corrected chi connectivity index (χ4v) is 4.38. The molecule has 31 heavy (non-hydrogen) atoms. The van der Waals surface area contributed by atoms with Crippen LogP contribution in [0.3, 0.4) is 0 Å². The van der Waals surface area contributed by atoms with Crippen LogP contribution in [-0.2, 0) is 6.54 Å². The maximum atomic E-state index is 12.4. The largest absolute Gasteiger partial charge is 0.325 e. The van der Waals surface area contributed by atoms with Crippen LogP contribution in [0.4, 0.5) is 0 Å². The molecule has 0 aliphatic heterocycles. The van der Waals surface area contributed by atoms with Gasteiger partial charge in [0.1, 0.15) is 6.54 Å².